The quantitative estimate of drug-likeness (QED) is 0.0321. The van der Waals surface area contributed by atoms with Crippen LogP contribution in [-0.2, 0) is 36.1 Å². The van der Waals surface area contributed by atoms with Crippen molar-refractivity contribution in [3.8, 4) is 5.75 Å². The standard InChI is InChI=1S/C28H28N8O13S2/c29-27-32-15(12-50-27)20(34-49-28(26(43)44)6-1-7-28)24(41)33-21-17(36(25(21)42)51(46,47)48)10-31-22(39)14-4-2-13(3-5-14)9-30-23(40)16-8-18(37)19(38)11-35(16)45/h2-5,8,11-12,17,21,38,45H,1,6-7,9-10H2,(H2,29,32)(H,30,40)(H,31,39)(H,33,41)(H,43,44)(H,46,47,48)/t17-,21-/m0/s1. The molecule has 0 radical (unpaired) electrons. The van der Waals surface area contributed by atoms with Crippen molar-refractivity contribution in [2.45, 2.75) is 43.5 Å². The lowest BCUT2D eigenvalue weighted by Crippen LogP contribution is -2.74. The minimum Gasteiger partial charge on any atom is -0.503 e. The van der Waals surface area contributed by atoms with Crippen LogP contribution in [-0.4, -0.2) is 102 Å². The predicted molar refractivity (Wildman–Crippen MR) is 172 cm³/mol. The highest BCUT2D eigenvalue weighted by Crippen LogP contribution is 2.36. The van der Waals surface area contributed by atoms with Gasteiger partial charge in [0.05, 0.1) is 12.2 Å². The lowest BCUT2D eigenvalue weighted by atomic mass is 9.80. The van der Waals surface area contributed by atoms with Crippen LogP contribution >= 0.6 is 11.3 Å². The summed E-state index contributed by atoms with van der Waals surface area (Å²) in [4.78, 5) is 83.9. The van der Waals surface area contributed by atoms with Gasteiger partial charge in [0.1, 0.15) is 17.4 Å². The van der Waals surface area contributed by atoms with Gasteiger partial charge >= 0.3 is 16.3 Å². The average molecular weight is 749 g/mol. The second-order valence-electron chi connectivity index (χ2n) is 11.2. The van der Waals surface area contributed by atoms with Crippen LogP contribution in [0.15, 0.2) is 51.9 Å². The predicted octanol–water partition coefficient (Wildman–Crippen LogP) is -1.58. The van der Waals surface area contributed by atoms with Crippen molar-refractivity contribution in [1.29, 1.82) is 0 Å². The summed E-state index contributed by atoms with van der Waals surface area (Å²) in [5.41, 5.74) is 2.49. The van der Waals surface area contributed by atoms with Crippen molar-refractivity contribution in [3.63, 3.8) is 0 Å². The number of amides is 4. The fraction of sp³-hybridized carbons (Fsp3) is 0.286. The number of nitrogen functional groups attached to an aromatic ring is 1. The maximum absolute atomic E-state index is 13.3. The van der Waals surface area contributed by atoms with Gasteiger partial charge in [-0.1, -0.05) is 17.3 Å². The molecule has 23 heteroatoms. The Morgan fingerprint density at radius 1 is 1.12 bits per heavy atom. The van der Waals surface area contributed by atoms with E-state index in [0.717, 1.165) is 17.4 Å². The number of nitrogens with two attached hydrogens (primary N) is 1. The molecule has 270 valence electrons. The zero-order valence-electron chi connectivity index (χ0n) is 25.9. The summed E-state index contributed by atoms with van der Waals surface area (Å²) in [5.74, 6) is -6.05. The Kier molecular flexibility index (Phi) is 9.97. The van der Waals surface area contributed by atoms with Gasteiger partial charge in [0, 0.05) is 42.9 Å². The third-order valence-corrected chi connectivity index (χ3v) is 9.55. The van der Waals surface area contributed by atoms with E-state index < -0.39 is 86.7 Å². The van der Waals surface area contributed by atoms with Gasteiger partial charge in [-0.2, -0.15) is 13.1 Å². The first kappa shape index (κ1) is 36.2. The van der Waals surface area contributed by atoms with E-state index in [0.29, 0.717) is 18.2 Å². The molecule has 3 aromatic rings. The molecule has 3 heterocycles. The number of carboxylic acid groups (broad SMARTS) is 1. The van der Waals surface area contributed by atoms with Gasteiger partial charge in [-0.3, -0.25) is 28.5 Å². The first-order valence-electron chi connectivity index (χ1n) is 14.6. The van der Waals surface area contributed by atoms with Crippen LogP contribution in [0.3, 0.4) is 0 Å². The Hall–Kier alpha value is -6.07. The van der Waals surface area contributed by atoms with Crippen molar-refractivity contribution in [2.24, 2.45) is 5.16 Å². The number of thiazole rings is 1. The van der Waals surface area contributed by atoms with Crippen LogP contribution in [0.5, 0.6) is 5.75 Å². The Bertz CT molecular complexity index is 2110. The van der Waals surface area contributed by atoms with Gasteiger partial charge in [0.25, 0.3) is 23.6 Å². The molecule has 0 unspecified atom stereocenters. The number of hydrogen-bond acceptors (Lipinski definition) is 15. The molecule has 1 saturated heterocycles. The fourth-order valence-electron chi connectivity index (χ4n) is 4.98. The van der Waals surface area contributed by atoms with E-state index >= 15 is 0 Å². The zero-order valence-corrected chi connectivity index (χ0v) is 27.5. The SMILES string of the molecule is Nc1nc(C(=NOC2(C(=O)O)CCC2)C(=O)N[C@@H]2C(=O)N(S(=O)(=O)O)[C@H]2CNC(=O)c2ccc(CNC(=O)c3cc(=O)c(O)cn3O)cc2)cs1. The molecule has 9 N–H and O–H groups in total. The lowest BCUT2D eigenvalue weighted by Gasteiger charge is -2.44. The van der Waals surface area contributed by atoms with Gasteiger partial charge < -0.3 is 41.9 Å². The number of aromatic nitrogens is 2. The number of benzene rings is 1. The van der Waals surface area contributed by atoms with Crippen molar-refractivity contribution < 1.29 is 57.2 Å². The Morgan fingerprint density at radius 2 is 1.80 bits per heavy atom. The molecular formula is C28H28N8O13S2. The molecule has 0 spiro atoms. The van der Waals surface area contributed by atoms with Crippen LogP contribution < -0.4 is 27.1 Å². The second kappa shape index (κ2) is 14.0. The molecule has 51 heavy (non-hydrogen) atoms. The monoisotopic (exact) mass is 748 g/mol. The van der Waals surface area contributed by atoms with E-state index in [-0.39, 0.29) is 44.8 Å². The topological polar surface area (TPSA) is 322 Å². The van der Waals surface area contributed by atoms with Crippen LogP contribution in [0.25, 0.3) is 0 Å². The number of anilines is 1. The smallest absolute Gasteiger partial charge is 0.362 e. The molecule has 0 bridgehead atoms. The normalized spacial score (nSPS) is 18.2. The molecule has 1 aromatic carbocycles. The number of rotatable bonds is 13. The van der Waals surface area contributed by atoms with Gasteiger partial charge in [-0.05, 0) is 24.1 Å². The number of carbonyl (C=O) groups excluding carboxylic acids is 4. The summed E-state index contributed by atoms with van der Waals surface area (Å²) >= 11 is 0.920. The van der Waals surface area contributed by atoms with Crippen molar-refractivity contribution in [2.75, 3.05) is 12.3 Å². The number of aromatic hydroxyl groups is 1. The first-order chi connectivity index (χ1) is 24.0. The molecule has 4 amide bonds. The van der Waals surface area contributed by atoms with Crippen molar-refractivity contribution >= 4 is 62.1 Å². The maximum atomic E-state index is 13.3. The van der Waals surface area contributed by atoms with E-state index in [2.05, 4.69) is 26.1 Å². The summed E-state index contributed by atoms with van der Waals surface area (Å²) in [6, 6.07) is 3.19. The minimum atomic E-state index is -5.14. The Balaban J connectivity index is 1.24. The molecule has 1 aliphatic heterocycles. The molecule has 2 aliphatic rings. The van der Waals surface area contributed by atoms with Crippen LogP contribution in [0, 0.1) is 0 Å². The largest absolute Gasteiger partial charge is 0.503 e. The highest BCUT2D eigenvalue weighted by Gasteiger charge is 2.54. The minimum absolute atomic E-state index is 0.0186. The van der Waals surface area contributed by atoms with E-state index in [1.165, 1.54) is 29.6 Å². The maximum Gasteiger partial charge on any atom is 0.362 e. The number of nitrogens with zero attached hydrogens (tertiary/aromatic N) is 4. The highest BCUT2D eigenvalue weighted by molar-refractivity contribution is 7.84. The lowest BCUT2D eigenvalue weighted by molar-refractivity contribution is -0.178. The molecule has 5 rings (SSSR count). The summed E-state index contributed by atoms with van der Waals surface area (Å²) < 4.78 is 34.0. The average Bonchev–Trinajstić information content (AvgIpc) is 3.48. The number of β-lactam (4-membered cyclic amide) rings is 1. The molecule has 2 aromatic heterocycles. The molecule has 2 fully saturated rings. The number of carbonyl (C=O) groups is 5. The van der Waals surface area contributed by atoms with Crippen LogP contribution in [0.1, 0.15) is 51.4 Å². The molecule has 1 aliphatic carbocycles. The Labute approximate surface area is 290 Å². The number of aliphatic carboxylic acids is 1. The number of pyridine rings is 1. The third kappa shape index (κ3) is 7.58. The van der Waals surface area contributed by atoms with Crippen molar-refractivity contribution in [3.05, 3.63) is 74.6 Å². The van der Waals surface area contributed by atoms with Crippen molar-refractivity contribution in [1.82, 2.24) is 30.0 Å². The van der Waals surface area contributed by atoms with Gasteiger partial charge in [0.2, 0.25) is 11.0 Å². The molecule has 21 nitrogen and oxygen atoms in total. The number of nitrogens with one attached hydrogen (secondary N) is 3. The van der Waals surface area contributed by atoms with E-state index in [9.17, 15) is 57.2 Å². The summed E-state index contributed by atoms with van der Waals surface area (Å²) in [7, 11) is -5.14. The first-order valence-corrected chi connectivity index (χ1v) is 16.9. The number of oxime groups is 1. The van der Waals surface area contributed by atoms with E-state index in [1.54, 1.807) is 0 Å². The summed E-state index contributed by atoms with van der Waals surface area (Å²) in [6.45, 7) is -0.691. The molecule has 2 atom stereocenters. The molecular weight excluding hydrogens is 720 g/mol. The molecule has 1 saturated carbocycles. The second-order valence-corrected chi connectivity index (χ2v) is 13.4. The zero-order chi connectivity index (χ0) is 37.2. The fourth-order valence-corrected chi connectivity index (χ4v) is 6.40. The Morgan fingerprint density at radius 3 is 2.37 bits per heavy atom. The number of hydrogen-bond donors (Lipinski definition) is 8. The van der Waals surface area contributed by atoms with Gasteiger partial charge in [0.15, 0.2) is 16.6 Å². The van der Waals surface area contributed by atoms with Crippen LogP contribution in [0.2, 0.25) is 0 Å². The van der Waals surface area contributed by atoms with E-state index in [4.69, 9.17) is 10.6 Å². The van der Waals surface area contributed by atoms with Gasteiger partial charge in [-0.15, -0.1) is 11.3 Å². The summed E-state index contributed by atoms with van der Waals surface area (Å²) in [6.07, 6.45) is 1.41. The summed E-state index contributed by atoms with van der Waals surface area (Å²) in [5, 5.41) is 40.8. The van der Waals surface area contributed by atoms with E-state index in [1.807, 2.05) is 0 Å². The highest BCUT2D eigenvalue weighted by atomic mass is 32.2. The number of carboxylic acids is 1. The third-order valence-electron chi connectivity index (χ3n) is 7.93. The van der Waals surface area contributed by atoms with Crippen LogP contribution in [0.4, 0.5) is 5.13 Å². The van der Waals surface area contributed by atoms with Gasteiger partial charge in [-0.25, -0.2) is 14.1 Å².